The van der Waals surface area contributed by atoms with Crippen LogP contribution in [0.15, 0.2) is 48.5 Å². The number of hydrogen-bond donors (Lipinski definition) is 1. The SMILES string of the molecule is COc1ccc(C(=O)NC2CC(=O)N(c3ccc(OC)cc3)C2)cc1. The Labute approximate surface area is 146 Å². The molecule has 2 aromatic carbocycles. The maximum absolute atomic E-state index is 12.3. The molecule has 1 unspecified atom stereocenters. The van der Waals surface area contributed by atoms with Crippen molar-refractivity contribution in [1.29, 1.82) is 0 Å². The van der Waals surface area contributed by atoms with E-state index in [-0.39, 0.29) is 24.3 Å². The summed E-state index contributed by atoms with van der Waals surface area (Å²) >= 11 is 0. The molecule has 1 fully saturated rings. The van der Waals surface area contributed by atoms with Crippen LogP contribution in [-0.4, -0.2) is 38.6 Å². The summed E-state index contributed by atoms with van der Waals surface area (Å²) in [7, 11) is 3.17. The van der Waals surface area contributed by atoms with Gasteiger partial charge in [-0.1, -0.05) is 0 Å². The third-order valence-corrected chi connectivity index (χ3v) is 4.20. The van der Waals surface area contributed by atoms with Gasteiger partial charge in [-0.15, -0.1) is 0 Å². The van der Waals surface area contributed by atoms with E-state index in [1.165, 1.54) is 0 Å². The van der Waals surface area contributed by atoms with Crippen LogP contribution < -0.4 is 19.7 Å². The number of nitrogens with zero attached hydrogens (tertiary/aromatic N) is 1. The molecule has 2 amide bonds. The normalized spacial score (nSPS) is 16.6. The molecule has 1 N–H and O–H groups in total. The molecule has 1 aliphatic rings. The number of anilines is 1. The molecule has 0 spiro atoms. The first-order chi connectivity index (χ1) is 12.1. The van der Waals surface area contributed by atoms with Crippen LogP contribution in [0.2, 0.25) is 0 Å². The molecule has 130 valence electrons. The number of ether oxygens (including phenoxy) is 2. The lowest BCUT2D eigenvalue weighted by Crippen LogP contribution is -2.37. The lowest BCUT2D eigenvalue weighted by atomic mass is 10.2. The number of rotatable bonds is 5. The summed E-state index contributed by atoms with van der Waals surface area (Å²) in [5.41, 5.74) is 1.34. The van der Waals surface area contributed by atoms with E-state index in [1.807, 2.05) is 24.3 Å². The van der Waals surface area contributed by atoms with Gasteiger partial charge in [-0.2, -0.15) is 0 Å². The lowest BCUT2D eigenvalue weighted by Gasteiger charge is -2.17. The van der Waals surface area contributed by atoms with Crippen molar-refractivity contribution in [2.45, 2.75) is 12.5 Å². The van der Waals surface area contributed by atoms with Crippen molar-refractivity contribution in [1.82, 2.24) is 5.32 Å². The highest BCUT2D eigenvalue weighted by atomic mass is 16.5. The molecule has 1 heterocycles. The summed E-state index contributed by atoms with van der Waals surface area (Å²) in [6.45, 7) is 0.451. The molecular formula is C19H20N2O4. The zero-order valence-corrected chi connectivity index (χ0v) is 14.2. The number of carbonyl (C=O) groups is 2. The van der Waals surface area contributed by atoms with E-state index < -0.39 is 0 Å². The smallest absolute Gasteiger partial charge is 0.251 e. The zero-order chi connectivity index (χ0) is 17.8. The lowest BCUT2D eigenvalue weighted by molar-refractivity contribution is -0.117. The van der Waals surface area contributed by atoms with Crippen molar-refractivity contribution in [2.75, 3.05) is 25.7 Å². The van der Waals surface area contributed by atoms with Gasteiger partial charge in [0, 0.05) is 24.2 Å². The summed E-state index contributed by atoms with van der Waals surface area (Å²) < 4.78 is 10.2. The molecular weight excluding hydrogens is 320 g/mol. The third kappa shape index (κ3) is 3.74. The predicted molar refractivity (Wildman–Crippen MR) is 94.2 cm³/mol. The van der Waals surface area contributed by atoms with Crippen LogP contribution in [0, 0.1) is 0 Å². The maximum Gasteiger partial charge on any atom is 0.251 e. The topological polar surface area (TPSA) is 67.9 Å². The highest BCUT2D eigenvalue weighted by molar-refractivity contribution is 5.99. The minimum Gasteiger partial charge on any atom is -0.497 e. The van der Waals surface area contributed by atoms with E-state index in [4.69, 9.17) is 9.47 Å². The first-order valence-electron chi connectivity index (χ1n) is 8.00. The van der Waals surface area contributed by atoms with Gasteiger partial charge in [-0.3, -0.25) is 9.59 Å². The Morgan fingerprint density at radius 1 is 1.00 bits per heavy atom. The highest BCUT2D eigenvalue weighted by Crippen LogP contribution is 2.24. The Morgan fingerprint density at radius 3 is 2.12 bits per heavy atom. The maximum atomic E-state index is 12.3. The van der Waals surface area contributed by atoms with Gasteiger partial charge in [-0.05, 0) is 48.5 Å². The second-order valence-electron chi connectivity index (χ2n) is 5.81. The molecule has 0 radical (unpaired) electrons. The molecule has 2 aromatic rings. The largest absolute Gasteiger partial charge is 0.497 e. The van der Waals surface area contributed by atoms with E-state index in [2.05, 4.69) is 5.32 Å². The van der Waals surface area contributed by atoms with E-state index in [1.54, 1.807) is 43.4 Å². The Morgan fingerprint density at radius 2 is 1.56 bits per heavy atom. The van der Waals surface area contributed by atoms with Gasteiger partial charge in [0.05, 0.1) is 20.3 Å². The molecule has 0 aliphatic carbocycles. The van der Waals surface area contributed by atoms with E-state index in [9.17, 15) is 9.59 Å². The van der Waals surface area contributed by atoms with Crippen molar-refractivity contribution < 1.29 is 19.1 Å². The molecule has 0 bridgehead atoms. The molecule has 6 nitrogen and oxygen atoms in total. The molecule has 0 aromatic heterocycles. The van der Waals surface area contributed by atoms with E-state index in [0.717, 1.165) is 11.4 Å². The predicted octanol–water partition coefficient (Wildman–Crippen LogP) is 2.24. The van der Waals surface area contributed by atoms with Gasteiger partial charge in [0.2, 0.25) is 5.91 Å². The second-order valence-corrected chi connectivity index (χ2v) is 5.81. The van der Waals surface area contributed by atoms with Gasteiger partial charge >= 0.3 is 0 Å². The number of hydrogen-bond acceptors (Lipinski definition) is 4. The number of amides is 2. The fourth-order valence-corrected chi connectivity index (χ4v) is 2.83. The summed E-state index contributed by atoms with van der Waals surface area (Å²) in [6, 6.07) is 14.0. The molecule has 0 saturated carbocycles. The molecule has 1 saturated heterocycles. The summed E-state index contributed by atoms with van der Waals surface area (Å²) in [5.74, 6) is 1.22. The van der Waals surface area contributed by atoms with E-state index >= 15 is 0 Å². The van der Waals surface area contributed by atoms with Crippen molar-refractivity contribution in [3.05, 3.63) is 54.1 Å². The van der Waals surface area contributed by atoms with Crippen molar-refractivity contribution in [2.24, 2.45) is 0 Å². The number of benzene rings is 2. The van der Waals surface area contributed by atoms with Crippen LogP contribution in [0.25, 0.3) is 0 Å². The van der Waals surface area contributed by atoms with Crippen LogP contribution in [0.4, 0.5) is 5.69 Å². The van der Waals surface area contributed by atoms with Crippen molar-refractivity contribution >= 4 is 17.5 Å². The van der Waals surface area contributed by atoms with Crippen molar-refractivity contribution in [3.8, 4) is 11.5 Å². The van der Waals surface area contributed by atoms with Gasteiger partial charge in [-0.25, -0.2) is 0 Å². The van der Waals surface area contributed by atoms with Gasteiger partial charge in [0.1, 0.15) is 11.5 Å². The van der Waals surface area contributed by atoms with Gasteiger partial charge in [0.15, 0.2) is 0 Å². The standard InChI is InChI=1S/C19H20N2O4/c1-24-16-7-3-13(4-8-16)19(23)20-14-11-18(22)21(12-14)15-5-9-17(25-2)10-6-15/h3-10,14H,11-12H2,1-2H3,(H,20,23). The summed E-state index contributed by atoms with van der Waals surface area (Å²) in [4.78, 5) is 26.3. The highest BCUT2D eigenvalue weighted by Gasteiger charge is 2.31. The number of carbonyl (C=O) groups excluding carboxylic acids is 2. The van der Waals surface area contributed by atoms with Gasteiger partial charge in [0.25, 0.3) is 5.91 Å². The summed E-state index contributed by atoms with van der Waals surface area (Å²) in [5, 5.41) is 2.92. The monoisotopic (exact) mass is 340 g/mol. The van der Waals surface area contributed by atoms with Crippen LogP contribution in [0.3, 0.4) is 0 Å². The molecule has 25 heavy (non-hydrogen) atoms. The van der Waals surface area contributed by atoms with Crippen molar-refractivity contribution in [3.63, 3.8) is 0 Å². The first-order valence-corrected chi connectivity index (χ1v) is 8.00. The molecule has 6 heteroatoms. The fraction of sp³-hybridized carbons (Fsp3) is 0.263. The third-order valence-electron chi connectivity index (χ3n) is 4.20. The Hall–Kier alpha value is -3.02. The van der Waals surface area contributed by atoms with Gasteiger partial charge < -0.3 is 19.7 Å². The summed E-state index contributed by atoms with van der Waals surface area (Å²) in [6.07, 6.45) is 0.286. The average molecular weight is 340 g/mol. The number of nitrogens with one attached hydrogen (secondary N) is 1. The van der Waals surface area contributed by atoms with Crippen LogP contribution in [0.5, 0.6) is 11.5 Å². The average Bonchev–Trinajstić information content (AvgIpc) is 3.02. The fourth-order valence-electron chi connectivity index (χ4n) is 2.83. The minimum absolute atomic E-state index is 0.00908. The Balaban J connectivity index is 1.64. The number of methoxy groups -OCH3 is 2. The zero-order valence-electron chi connectivity index (χ0n) is 14.2. The van der Waals surface area contributed by atoms with Crippen LogP contribution >= 0.6 is 0 Å². The quantitative estimate of drug-likeness (QED) is 0.906. The minimum atomic E-state index is -0.218. The molecule has 1 atom stereocenters. The van der Waals surface area contributed by atoms with Crippen LogP contribution in [-0.2, 0) is 4.79 Å². The Bertz CT molecular complexity index is 756. The first kappa shape index (κ1) is 16.8. The van der Waals surface area contributed by atoms with E-state index in [0.29, 0.717) is 17.9 Å². The second kappa shape index (κ2) is 7.25. The Kier molecular flexibility index (Phi) is 4.88. The molecule has 1 aliphatic heterocycles. The van der Waals surface area contributed by atoms with Crippen LogP contribution in [0.1, 0.15) is 16.8 Å². The molecule has 3 rings (SSSR count).